The zero-order chi connectivity index (χ0) is 24.2. The number of piperidine rings is 1. The number of fused-ring (bicyclic) bond motifs is 3. The minimum Gasteiger partial charge on any atom is -0.493 e. The fraction of sp³-hybridized carbons (Fsp3) is 0.360. The van der Waals surface area contributed by atoms with Crippen LogP contribution in [0.25, 0.3) is 11.0 Å². The summed E-state index contributed by atoms with van der Waals surface area (Å²) < 4.78 is 7.42. The van der Waals surface area contributed by atoms with Crippen LogP contribution in [-0.4, -0.2) is 63.4 Å². The van der Waals surface area contributed by atoms with E-state index in [1.165, 1.54) is 0 Å². The number of benzene rings is 2. The number of imide groups is 1. The first-order valence-electron chi connectivity index (χ1n) is 11.8. The monoisotopic (exact) mass is 475 g/mol. The van der Waals surface area contributed by atoms with Gasteiger partial charge in [-0.05, 0) is 31.0 Å². The average Bonchev–Trinajstić information content (AvgIpc) is 3.33. The van der Waals surface area contributed by atoms with Crippen LogP contribution in [0.2, 0.25) is 0 Å². The predicted molar refractivity (Wildman–Crippen MR) is 126 cm³/mol. The Morgan fingerprint density at radius 2 is 1.77 bits per heavy atom. The molecule has 3 aliphatic rings. The van der Waals surface area contributed by atoms with E-state index in [1.54, 1.807) is 27.7 Å². The molecular formula is C25H25N5O5. The minimum absolute atomic E-state index is 0.0265. The zero-order valence-corrected chi connectivity index (χ0v) is 19.0. The number of hydrogen-bond acceptors (Lipinski definition) is 5. The molecule has 2 N–H and O–H groups in total. The molecule has 1 aromatic heterocycles. The van der Waals surface area contributed by atoms with Crippen molar-refractivity contribution in [1.29, 1.82) is 0 Å². The van der Waals surface area contributed by atoms with Gasteiger partial charge >= 0.3 is 11.7 Å². The summed E-state index contributed by atoms with van der Waals surface area (Å²) in [5.41, 5.74) is 0.902. The van der Waals surface area contributed by atoms with Gasteiger partial charge in [0, 0.05) is 31.1 Å². The molecule has 35 heavy (non-hydrogen) atoms. The summed E-state index contributed by atoms with van der Waals surface area (Å²) in [4.78, 5) is 57.4. The first kappa shape index (κ1) is 21.5. The molecule has 3 aliphatic heterocycles. The Labute approximate surface area is 200 Å². The lowest BCUT2D eigenvalue weighted by molar-refractivity contribution is -0.140. The summed E-state index contributed by atoms with van der Waals surface area (Å²) in [6.45, 7) is 0.876. The van der Waals surface area contributed by atoms with Crippen LogP contribution in [0.15, 0.2) is 53.3 Å². The molecule has 10 nitrogen and oxygen atoms in total. The maximum Gasteiger partial charge on any atom is 0.326 e. The standard InChI is InChI=1S/C25H25N5O5/c31-21(28-12-9-16(10-13-28)30-19-7-3-2-6-18(19)26-23(30)33)15-29-22(32)25(27-24(29)34)11-14-35-20-8-4-1-5-17(20)25/h1-8,16H,9-15H2,(H,26,33)(H,27,34)/t25-/m0/s1. The molecule has 0 bridgehead atoms. The second-order valence-corrected chi connectivity index (χ2v) is 9.25. The highest BCUT2D eigenvalue weighted by molar-refractivity contribution is 6.09. The van der Waals surface area contributed by atoms with E-state index < -0.39 is 17.5 Å². The Balaban J connectivity index is 1.15. The Kier molecular flexibility index (Phi) is 4.91. The van der Waals surface area contributed by atoms with Crippen LogP contribution >= 0.6 is 0 Å². The minimum atomic E-state index is -1.20. The molecule has 0 unspecified atom stereocenters. The summed E-state index contributed by atoms with van der Waals surface area (Å²) >= 11 is 0. The van der Waals surface area contributed by atoms with E-state index in [-0.39, 0.29) is 24.2 Å². The van der Waals surface area contributed by atoms with Crippen LogP contribution < -0.4 is 15.7 Å². The third kappa shape index (κ3) is 3.31. The molecule has 6 rings (SSSR count). The van der Waals surface area contributed by atoms with Crippen molar-refractivity contribution in [2.45, 2.75) is 30.8 Å². The second-order valence-electron chi connectivity index (χ2n) is 9.25. The number of hydrogen-bond donors (Lipinski definition) is 2. The molecule has 0 saturated carbocycles. The molecule has 4 amide bonds. The maximum absolute atomic E-state index is 13.4. The molecule has 180 valence electrons. The highest BCUT2D eigenvalue weighted by Gasteiger charge is 2.55. The van der Waals surface area contributed by atoms with Gasteiger partial charge < -0.3 is 19.9 Å². The summed E-state index contributed by atoms with van der Waals surface area (Å²) in [7, 11) is 0. The topological polar surface area (TPSA) is 117 Å². The molecule has 2 aromatic carbocycles. The lowest BCUT2D eigenvalue weighted by atomic mass is 9.84. The lowest BCUT2D eigenvalue weighted by Crippen LogP contribution is -2.49. The van der Waals surface area contributed by atoms with Crippen molar-refractivity contribution in [3.8, 4) is 5.75 Å². The van der Waals surface area contributed by atoms with Gasteiger partial charge in [-0.25, -0.2) is 9.59 Å². The smallest absolute Gasteiger partial charge is 0.326 e. The van der Waals surface area contributed by atoms with Crippen molar-refractivity contribution in [2.24, 2.45) is 0 Å². The van der Waals surface area contributed by atoms with Crippen LogP contribution in [0.1, 0.15) is 30.9 Å². The van der Waals surface area contributed by atoms with E-state index in [9.17, 15) is 19.2 Å². The number of aromatic amines is 1. The van der Waals surface area contributed by atoms with Gasteiger partial charge in [0.25, 0.3) is 5.91 Å². The number of amides is 4. The van der Waals surface area contributed by atoms with Gasteiger partial charge in [-0.2, -0.15) is 0 Å². The molecule has 1 atom stereocenters. The molecule has 4 heterocycles. The number of nitrogens with zero attached hydrogens (tertiary/aromatic N) is 3. The Hall–Kier alpha value is -4.08. The number of likely N-dealkylation sites (tertiary alicyclic amines) is 1. The van der Waals surface area contributed by atoms with Crippen molar-refractivity contribution in [2.75, 3.05) is 26.2 Å². The third-order valence-corrected chi connectivity index (χ3v) is 7.36. The maximum atomic E-state index is 13.4. The van der Waals surface area contributed by atoms with Gasteiger partial charge in [0.1, 0.15) is 12.3 Å². The van der Waals surface area contributed by atoms with E-state index in [0.717, 1.165) is 15.9 Å². The molecular weight excluding hydrogens is 450 g/mol. The van der Waals surface area contributed by atoms with E-state index in [2.05, 4.69) is 10.3 Å². The van der Waals surface area contributed by atoms with Crippen LogP contribution in [0.3, 0.4) is 0 Å². The molecule has 2 fully saturated rings. The first-order valence-corrected chi connectivity index (χ1v) is 11.8. The van der Waals surface area contributed by atoms with Crippen LogP contribution in [0.4, 0.5) is 4.79 Å². The summed E-state index contributed by atoms with van der Waals surface area (Å²) in [6, 6.07) is 14.1. The SMILES string of the molecule is O=C(CN1C(=O)N[C@]2(CCOc3ccccc32)C1=O)N1CCC(n2c(=O)[nH]c3ccccc32)CC1. The summed E-state index contributed by atoms with van der Waals surface area (Å²) in [5, 5.41) is 2.83. The van der Waals surface area contributed by atoms with Crippen LogP contribution in [-0.2, 0) is 15.1 Å². The molecule has 0 radical (unpaired) electrons. The van der Waals surface area contributed by atoms with E-state index in [4.69, 9.17) is 4.74 Å². The van der Waals surface area contributed by atoms with Crippen molar-refractivity contribution in [1.82, 2.24) is 24.7 Å². The number of imidazole rings is 1. The molecule has 2 saturated heterocycles. The molecule has 3 aromatic rings. The Bertz CT molecular complexity index is 1400. The highest BCUT2D eigenvalue weighted by Crippen LogP contribution is 2.41. The van der Waals surface area contributed by atoms with Gasteiger partial charge in [0.15, 0.2) is 5.54 Å². The normalized spacial score (nSPS) is 22.4. The number of nitrogens with one attached hydrogen (secondary N) is 2. The highest BCUT2D eigenvalue weighted by atomic mass is 16.5. The van der Waals surface area contributed by atoms with E-state index in [0.29, 0.717) is 50.3 Å². The summed E-state index contributed by atoms with van der Waals surface area (Å²) in [6.07, 6.45) is 1.54. The second kappa shape index (κ2) is 8.00. The number of carbonyl (C=O) groups is 3. The summed E-state index contributed by atoms with van der Waals surface area (Å²) in [5.74, 6) is -0.141. The number of ether oxygens (including phenoxy) is 1. The van der Waals surface area contributed by atoms with Gasteiger partial charge in [-0.3, -0.25) is 19.1 Å². The van der Waals surface area contributed by atoms with Crippen LogP contribution in [0, 0.1) is 0 Å². The average molecular weight is 476 g/mol. The van der Waals surface area contributed by atoms with E-state index in [1.807, 2.05) is 30.3 Å². The lowest BCUT2D eigenvalue weighted by Gasteiger charge is -2.34. The van der Waals surface area contributed by atoms with Gasteiger partial charge in [-0.15, -0.1) is 0 Å². The predicted octanol–water partition coefficient (Wildman–Crippen LogP) is 1.72. The largest absolute Gasteiger partial charge is 0.493 e. The van der Waals surface area contributed by atoms with Crippen molar-refractivity contribution < 1.29 is 19.1 Å². The fourth-order valence-corrected chi connectivity index (χ4v) is 5.56. The van der Waals surface area contributed by atoms with E-state index >= 15 is 0 Å². The van der Waals surface area contributed by atoms with Crippen LogP contribution in [0.5, 0.6) is 5.75 Å². The number of urea groups is 1. The number of H-pyrrole nitrogens is 1. The van der Waals surface area contributed by atoms with Crippen molar-refractivity contribution in [3.05, 3.63) is 64.6 Å². The number of para-hydroxylation sites is 3. The first-order chi connectivity index (χ1) is 17.0. The van der Waals surface area contributed by atoms with Gasteiger partial charge in [0.05, 0.1) is 17.6 Å². The van der Waals surface area contributed by atoms with Crippen molar-refractivity contribution in [3.63, 3.8) is 0 Å². The molecule has 0 aliphatic carbocycles. The number of aromatic nitrogens is 2. The van der Waals surface area contributed by atoms with Gasteiger partial charge in [0.2, 0.25) is 5.91 Å². The Morgan fingerprint density at radius 3 is 2.60 bits per heavy atom. The van der Waals surface area contributed by atoms with Gasteiger partial charge in [-0.1, -0.05) is 30.3 Å². The Morgan fingerprint density at radius 1 is 1.03 bits per heavy atom. The number of carbonyl (C=O) groups excluding carboxylic acids is 3. The molecule has 10 heteroatoms. The number of rotatable bonds is 3. The zero-order valence-electron chi connectivity index (χ0n) is 19.0. The van der Waals surface area contributed by atoms with Crippen molar-refractivity contribution >= 4 is 28.9 Å². The quantitative estimate of drug-likeness (QED) is 0.560. The third-order valence-electron chi connectivity index (χ3n) is 7.36. The molecule has 1 spiro atoms. The fourth-order valence-electron chi connectivity index (χ4n) is 5.56.